The van der Waals surface area contributed by atoms with Crippen LogP contribution in [0, 0.1) is 0 Å². The second-order valence-corrected chi connectivity index (χ2v) is 2.74. The van der Waals surface area contributed by atoms with E-state index in [1.54, 1.807) is 0 Å². The minimum absolute atomic E-state index is 0.186. The van der Waals surface area contributed by atoms with Crippen LogP contribution in [-0.2, 0) is 0 Å². The summed E-state index contributed by atoms with van der Waals surface area (Å²) < 4.78 is 1.14. The Morgan fingerprint density at radius 2 is 2.57 bits per heavy atom. The molecular formula is C5H7BrO. The van der Waals surface area contributed by atoms with E-state index in [1.165, 1.54) is 0 Å². The summed E-state index contributed by atoms with van der Waals surface area (Å²) in [5.74, 6) is 0. The molecule has 1 nitrogen and oxygen atoms in total. The highest BCUT2D eigenvalue weighted by Crippen LogP contribution is 2.22. The molecule has 0 fully saturated rings. The summed E-state index contributed by atoms with van der Waals surface area (Å²) >= 11 is 3.28. The first-order valence-electron chi connectivity index (χ1n) is 2.33. The number of aliphatic hydroxyl groups is 1. The van der Waals surface area contributed by atoms with Crippen molar-refractivity contribution in [3.05, 3.63) is 10.6 Å². The molecule has 0 heterocycles. The lowest BCUT2D eigenvalue weighted by atomic mass is 10.3. The Bertz CT molecular complexity index is 98.3. The quantitative estimate of drug-likeness (QED) is 0.572. The largest absolute Gasteiger partial charge is 0.389 e. The fraction of sp³-hybridized carbons (Fsp3) is 0.600. The number of rotatable bonds is 0. The molecule has 1 rings (SSSR count). The van der Waals surface area contributed by atoms with E-state index in [-0.39, 0.29) is 6.10 Å². The van der Waals surface area contributed by atoms with Gasteiger partial charge in [-0.25, -0.2) is 0 Å². The molecule has 0 radical (unpaired) electrons. The average molecular weight is 163 g/mol. The minimum atomic E-state index is -0.186. The number of halogens is 1. The number of allylic oxidation sites excluding steroid dienone is 1. The van der Waals surface area contributed by atoms with Gasteiger partial charge in [0.05, 0.1) is 6.10 Å². The van der Waals surface area contributed by atoms with Gasteiger partial charge in [-0.3, -0.25) is 0 Å². The van der Waals surface area contributed by atoms with Gasteiger partial charge in [-0.1, -0.05) is 15.9 Å². The first-order chi connectivity index (χ1) is 3.29. The number of hydrogen-bond acceptors (Lipinski definition) is 1. The van der Waals surface area contributed by atoms with Crippen molar-refractivity contribution in [2.24, 2.45) is 0 Å². The maximum atomic E-state index is 8.79. The van der Waals surface area contributed by atoms with E-state index < -0.39 is 0 Å². The summed E-state index contributed by atoms with van der Waals surface area (Å²) in [6.45, 7) is 0. The molecule has 1 unspecified atom stereocenters. The second kappa shape index (κ2) is 1.97. The summed E-state index contributed by atoms with van der Waals surface area (Å²) in [6, 6.07) is 0. The zero-order valence-electron chi connectivity index (χ0n) is 3.89. The third-order valence-corrected chi connectivity index (χ3v) is 1.71. The number of hydrogen-bond donors (Lipinski definition) is 1. The molecule has 0 aromatic rings. The molecule has 0 aromatic heterocycles. The van der Waals surface area contributed by atoms with Crippen molar-refractivity contribution in [2.45, 2.75) is 18.9 Å². The highest BCUT2D eigenvalue weighted by Gasteiger charge is 2.08. The highest BCUT2D eigenvalue weighted by atomic mass is 79.9. The Kier molecular flexibility index (Phi) is 1.50. The van der Waals surface area contributed by atoms with Crippen LogP contribution < -0.4 is 0 Å². The van der Waals surface area contributed by atoms with Gasteiger partial charge in [-0.05, 0) is 23.4 Å². The Labute approximate surface area is 51.2 Å². The number of aliphatic hydroxyl groups excluding tert-OH is 1. The van der Waals surface area contributed by atoms with E-state index in [0.29, 0.717) is 0 Å². The van der Waals surface area contributed by atoms with Crippen molar-refractivity contribution in [3.8, 4) is 0 Å². The average Bonchev–Trinajstić information content (AvgIpc) is 1.87. The Hall–Kier alpha value is 0.180. The van der Waals surface area contributed by atoms with Gasteiger partial charge in [-0.2, -0.15) is 0 Å². The fourth-order valence-electron chi connectivity index (χ4n) is 0.661. The van der Waals surface area contributed by atoms with Gasteiger partial charge in [0.2, 0.25) is 0 Å². The first-order valence-corrected chi connectivity index (χ1v) is 3.12. The Morgan fingerprint density at radius 1 is 1.86 bits per heavy atom. The van der Waals surface area contributed by atoms with Crippen molar-refractivity contribution in [2.75, 3.05) is 0 Å². The molecule has 0 amide bonds. The highest BCUT2D eigenvalue weighted by molar-refractivity contribution is 9.11. The minimum Gasteiger partial charge on any atom is -0.389 e. The van der Waals surface area contributed by atoms with Gasteiger partial charge in [-0.15, -0.1) is 0 Å². The van der Waals surface area contributed by atoms with E-state index >= 15 is 0 Å². The molecule has 7 heavy (non-hydrogen) atoms. The maximum Gasteiger partial charge on any atom is 0.0734 e. The van der Waals surface area contributed by atoms with E-state index in [0.717, 1.165) is 17.3 Å². The van der Waals surface area contributed by atoms with E-state index in [1.807, 2.05) is 6.08 Å². The monoisotopic (exact) mass is 162 g/mol. The van der Waals surface area contributed by atoms with Crippen LogP contribution in [0.5, 0.6) is 0 Å². The molecule has 1 aliphatic rings. The van der Waals surface area contributed by atoms with E-state index in [9.17, 15) is 0 Å². The van der Waals surface area contributed by atoms with Crippen LogP contribution in [-0.4, -0.2) is 11.2 Å². The zero-order chi connectivity index (χ0) is 5.28. The lowest BCUT2D eigenvalue weighted by Crippen LogP contribution is -1.93. The molecule has 1 aliphatic carbocycles. The zero-order valence-corrected chi connectivity index (χ0v) is 5.48. The Balaban J connectivity index is 2.50. The summed E-state index contributed by atoms with van der Waals surface area (Å²) in [5, 5.41) is 8.79. The lowest BCUT2D eigenvalue weighted by Gasteiger charge is -1.89. The molecule has 2 heteroatoms. The smallest absolute Gasteiger partial charge is 0.0734 e. The van der Waals surface area contributed by atoms with Gasteiger partial charge >= 0.3 is 0 Å². The van der Waals surface area contributed by atoms with Crippen LogP contribution in [0.2, 0.25) is 0 Å². The van der Waals surface area contributed by atoms with Crippen molar-refractivity contribution < 1.29 is 5.11 Å². The molecule has 0 saturated heterocycles. The molecule has 0 bridgehead atoms. The van der Waals surface area contributed by atoms with Gasteiger partial charge in [0, 0.05) is 0 Å². The molecule has 0 spiro atoms. The summed E-state index contributed by atoms with van der Waals surface area (Å²) in [5.41, 5.74) is 0. The van der Waals surface area contributed by atoms with Crippen LogP contribution in [0.3, 0.4) is 0 Å². The third-order valence-electron chi connectivity index (χ3n) is 1.05. The van der Waals surface area contributed by atoms with Crippen LogP contribution in [0.25, 0.3) is 0 Å². The molecule has 0 aromatic carbocycles. The van der Waals surface area contributed by atoms with Crippen LogP contribution >= 0.6 is 15.9 Å². The first kappa shape index (κ1) is 5.32. The topological polar surface area (TPSA) is 20.2 Å². The molecule has 40 valence electrons. The van der Waals surface area contributed by atoms with Crippen molar-refractivity contribution in [1.29, 1.82) is 0 Å². The molecule has 1 N–H and O–H groups in total. The van der Waals surface area contributed by atoms with Gasteiger partial charge in [0.1, 0.15) is 0 Å². The van der Waals surface area contributed by atoms with Gasteiger partial charge in [0.15, 0.2) is 0 Å². The maximum absolute atomic E-state index is 8.79. The fourth-order valence-corrected chi connectivity index (χ4v) is 1.20. The predicted molar refractivity (Wildman–Crippen MR) is 32.3 cm³/mol. The molecular weight excluding hydrogens is 156 g/mol. The van der Waals surface area contributed by atoms with Gasteiger partial charge < -0.3 is 5.11 Å². The molecule has 1 atom stereocenters. The van der Waals surface area contributed by atoms with Crippen molar-refractivity contribution in [1.82, 2.24) is 0 Å². The summed E-state index contributed by atoms with van der Waals surface area (Å²) in [4.78, 5) is 0. The van der Waals surface area contributed by atoms with Crippen LogP contribution in [0.15, 0.2) is 10.6 Å². The SMILES string of the molecule is OC1C=C(Br)CC1. The van der Waals surface area contributed by atoms with Gasteiger partial charge in [0.25, 0.3) is 0 Å². The molecule has 0 saturated carbocycles. The molecule has 0 aliphatic heterocycles. The lowest BCUT2D eigenvalue weighted by molar-refractivity contribution is 0.223. The standard InChI is InChI=1S/C5H7BrO/c6-4-1-2-5(7)3-4/h3,5,7H,1-2H2. The van der Waals surface area contributed by atoms with E-state index in [4.69, 9.17) is 5.11 Å². The summed E-state index contributed by atoms with van der Waals surface area (Å²) in [6.07, 6.45) is 3.54. The van der Waals surface area contributed by atoms with E-state index in [2.05, 4.69) is 15.9 Å². The normalized spacial score (nSPS) is 30.6. The van der Waals surface area contributed by atoms with Crippen molar-refractivity contribution in [3.63, 3.8) is 0 Å². The van der Waals surface area contributed by atoms with Crippen molar-refractivity contribution >= 4 is 15.9 Å². The Morgan fingerprint density at radius 3 is 2.71 bits per heavy atom. The van der Waals surface area contributed by atoms with Crippen LogP contribution in [0.1, 0.15) is 12.8 Å². The second-order valence-electron chi connectivity index (χ2n) is 1.72. The third kappa shape index (κ3) is 1.28. The summed E-state index contributed by atoms with van der Waals surface area (Å²) in [7, 11) is 0. The van der Waals surface area contributed by atoms with Crippen LogP contribution in [0.4, 0.5) is 0 Å². The predicted octanol–water partition coefficient (Wildman–Crippen LogP) is 1.42.